The van der Waals surface area contributed by atoms with E-state index in [1.165, 1.54) is 12.1 Å². The first-order chi connectivity index (χ1) is 8.53. The van der Waals surface area contributed by atoms with Gasteiger partial charge in [-0.05, 0) is 48.4 Å². The highest BCUT2D eigenvalue weighted by molar-refractivity contribution is 6.30. The third-order valence-electron chi connectivity index (χ3n) is 4.24. The molecule has 0 spiro atoms. The number of anilines is 1. The second-order valence-corrected chi connectivity index (χ2v) is 6.31. The molecule has 1 aliphatic heterocycles. The lowest BCUT2D eigenvalue weighted by atomic mass is 9.72. The summed E-state index contributed by atoms with van der Waals surface area (Å²) >= 11 is 5.92. The van der Waals surface area contributed by atoms with E-state index in [-0.39, 0.29) is 6.61 Å². The summed E-state index contributed by atoms with van der Waals surface area (Å²) in [6.45, 7) is 7.01. The molecule has 2 rings (SSSR count). The van der Waals surface area contributed by atoms with Gasteiger partial charge in [-0.1, -0.05) is 25.4 Å². The molecule has 3 heteroatoms. The van der Waals surface area contributed by atoms with Crippen LogP contribution in [0.5, 0.6) is 0 Å². The summed E-state index contributed by atoms with van der Waals surface area (Å²) in [7, 11) is 0. The fraction of sp³-hybridized carbons (Fsp3) is 0.600. The van der Waals surface area contributed by atoms with Crippen LogP contribution in [-0.4, -0.2) is 24.8 Å². The Labute approximate surface area is 115 Å². The van der Waals surface area contributed by atoms with Crippen LogP contribution in [0.25, 0.3) is 0 Å². The normalized spacial score (nSPS) is 23.1. The van der Waals surface area contributed by atoms with Crippen molar-refractivity contribution in [2.75, 3.05) is 24.6 Å². The minimum absolute atomic E-state index is 0.280. The topological polar surface area (TPSA) is 23.5 Å². The molecule has 1 fully saturated rings. The lowest BCUT2D eigenvalue weighted by molar-refractivity contribution is 0.132. The van der Waals surface area contributed by atoms with Gasteiger partial charge in [-0.3, -0.25) is 0 Å². The maximum absolute atomic E-state index is 9.21. The number of hydrogen-bond acceptors (Lipinski definition) is 2. The van der Waals surface area contributed by atoms with Crippen LogP contribution in [0, 0.1) is 11.3 Å². The zero-order valence-electron chi connectivity index (χ0n) is 11.2. The molecule has 2 nitrogen and oxygen atoms in total. The second-order valence-electron chi connectivity index (χ2n) is 5.87. The molecule has 0 aliphatic carbocycles. The molecule has 0 radical (unpaired) electrons. The Balaban J connectivity index is 2.10. The molecule has 1 heterocycles. The van der Waals surface area contributed by atoms with E-state index in [1.54, 1.807) is 0 Å². The molecule has 1 unspecified atom stereocenters. The monoisotopic (exact) mass is 267 g/mol. The molecule has 100 valence electrons. The average Bonchev–Trinajstić information content (AvgIpc) is 2.33. The molecule has 1 aromatic rings. The largest absolute Gasteiger partial charge is 0.396 e. The predicted octanol–water partition coefficient (Wildman–Crippen LogP) is 3.57. The van der Waals surface area contributed by atoms with Gasteiger partial charge in [-0.15, -0.1) is 0 Å². The number of rotatable bonds is 3. The molecule has 0 amide bonds. The third-order valence-corrected chi connectivity index (χ3v) is 4.49. The van der Waals surface area contributed by atoms with Gasteiger partial charge in [0, 0.05) is 30.4 Å². The maximum atomic E-state index is 9.21. The molecule has 1 atom stereocenters. The van der Waals surface area contributed by atoms with E-state index in [4.69, 9.17) is 11.6 Å². The summed E-state index contributed by atoms with van der Waals surface area (Å²) in [6.07, 6.45) is 2.05. The first-order valence-electron chi connectivity index (χ1n) is 6.64. The summed E-state index contributed by atoms with van der Waals surface area (Å²) in [4.78, 5) is 2.40. The van der Waals surface area contributed by atoms with Crippen molar-refractivity contribution in [2.45, 2.75) is 26.7 Å². The van der Waals surface area contributed by atoms with Gasteiger partial charge in [0.05, 0.1) is 0 Å². The van der Waals surface area contributed by atoms with Crippen LogP contribution in [0.4, 0.5) is 5.69 Å². The average molecular weight is 268 g/mol. The third kappa shape index (κ3) is 2.99. The quantitative estimate of drug-likeness (QED) is 0.905. The second kappa shape index (κ2) is 5.50. The van der Waals surface area contributed by atoms with Crippen LogP contribution in [0.2, 0.25) is 5.02 Å². The van der Waals surface area contributed by atoms with Gasteiger partial charge in [0.1, 0.15) is 0 Å². The number of nitrogens with zero attached hydrogens (tertiary/aromatic N) is 1. The van der Waals surface area contributed by atoms with Crippen molar-refractivity contribution in [3.8, 4) is 0 Å². The standard InChI is InChI=1S/C15H22ClNO/c1-15(2)8-9-17(11-12(15)7-10-18)14-5-3-13(16)4-6-14/h3-6,12,18H,7-11H2,1-2H3. The summed E-state index contributed by atoms with van der Waals surface area (Å²) in [5.74, 6) is 0.548. The smallest absolute Gasteiger partial charge is 0.0434 e. The summed E-state index contributed by atoms with van der Waals surface area (Å²) in [6, 6.07) is 8.04. The molecule has 0 bridgehead atoms. The summed E-state index contributed by atoms with van der Waals surface area (Å²) in [5, 5.41) is 9.99. The van der Waals surface area contributed by atoms with E-state index >= 15 is 0 Å². The van der Waals surface area contributed by atoms with E-state index in [1.807, 2.05) is 12.1 Å². The van der Waals surface area contributed by atoms with Gasteiger partial charge in [0.15, 0.2) is 0 Å². The van der Waals surface area contributed by atoms with Crippen molar-refractivity contribution >= 4 is 17.3 Å². The molecule has 1 N–H and O–H groups in total. The molecule has 1 aliphatic rings. The van der Waals surface area contributed by atoms with Gasteiger partial charge in [-0.2, -0.15) is 0 Å². The van der Waals surface area contributed by atoms with E-state index < -0.39 is 0 Å². The Morgan fingerprint density at radius 3 is 2.61 bits per heavy atom. The number of aliphatic hydroxyl groups excluding tert-OH is 1. The minimum atomic E-state index is 0.280. The highest BCUT2D eigenvalue weighted by Crippen LogP contribution is 2.39. The van der Waals surface area contributed by atoms with Crippen molar-refractivity contribution in [3.63, 3.8) is 0 Å². The predicted molar refractivity (Wildman–Crippen MR) is 77.3 cm³/mol. The molecule has 0 saturated carbocycles. The van der Waals surface area contributed by atoms with Crippen LogP contribution in [0.15, 0.2) is 24.3 Å². The lowest BCUT2D eigenvalue weighted by Crippen LogP contribution is -2.45. The van der Waals surface area contributed by atoms with Crippen LogP contribution in [0.1, 0.15) is 26.7 Å². The Morgan fingerprint density at radius 2 is 2.00 bits per heavy atom. The van der Waals surface area contributed by atoms with Crippen LogP contribution >= 0.6 is 11.6 Å². The Bertz CT molecular complexity index is 388. The van der Waals surface area contributed by atoms with Crippen molar-refractivity contribution < 1.29 is 5.11 Å². The van der Waals surface area contributed by atoms with Crippen molar-refractivity contribution in [1.29, 1.82) is 0 Å². The van der Waals surface area contributed by atoms with E-state index in [0.717, 1.165) is 24.5 Å². The lowest BCUT2D eigenvalue weighted by Gasteiger charge is -2.45. The van der Waals surface area contributed by atoms with Crippen LogP contribution in [-0.2, 0) is 0 Å². The summed E-state index contributed by atoms with van der Waals surface area (Å²) < 4.78 is 0. The highest BCUT2D eigenvalue weighted by atomic mass is 35.5. The van der Waals surface area contributed by atoms with Gasteiger partial charge in [0.25, 0.3) is 0 Å². The SMILES string of the molecule is CC1(C)CCN(c2ccc(Cl)cc2)CC1CCO. The number of halogens is 1. The first kappa shape index (κ1) is 13.7. The molecule has 18 heavy (non-hydrogen) atoms. The number of piperidine rings is 1. The van der Waals surface area contributed by atoms with Crippen molar-refractivity contribution in [2.24, 2.45) is 11.3 Å². The first-order valence-corrected chi connectivity index (χ1v) is 7.02. The number of aliphatic hydroxyl groups is 1. The Hall–Kier alpha value is -0.730. The van der Waals surface area contributed by atoms with E-state index in [2.05, 4.69) is 30.9 Å². The van der Waals surface area contributed by atoms with Crippen LogP contribution < -0.4 is 4.90 Å². The fourth-order valence-corrected chi connectivity index (χ4v) is 2.88. The molecular weight excluding hydrogens is 246 g/mol. The Morgan fingerprint density at radius 1 is 1.33 bits per heavy atom. The zero-order chi connectivity index (χ0) is 13.2. The molecule has 1 saturated heterocycles. The van der Waals surface area contributed by atoms with Gasteiger partial charge in [-0.25, -0.2) is 0 Å². The van der Waals surface area contributed by atoms with E-state index in [9.17, 15) is 5.11 Å². The van der Waals surface area contributed by atoms with Crippen molar-refractivity contribution in [3.05, 3.63) is 29.3 Å². The number of hydrogen-bond donors (Lipinski definition) is 1. The van der Waals surface area contributed by atoms with Crippen LogP contribution in [0.3, 0.4) is 0 Å². The zero-order valence-corrected chi connectivity index (χ0v) is 12.0. The van der Waals surface area contributed by atoms with E-state index in [0.29, 0.717) is 11.3 Å². The minimum Gasteiger partial charge on any atom is -0.396 e. The van der Waals surface area contributed by atoms with Gasteiger partial charge >= 0.3 is 0 Å². The highest BCUT2D eigenvalue weighted by Gasteiger charge is 2.34. The molecule has 0 aromatic heterocycles. The summed E-state index contributed by atoms with van der Waals surface area (Å²) in [5.41, 5.74) is 1.56. The van der Waals surface area contributed by atoms with Crippen molar-refractivity contribution in [1.82, 2.24) is 0 Å². The maximum Gasteiger partial charge on any atom is 0.0434 e. The van der Waals surface area contributed by atoms with Gasteiger partial charge in [0.2, 0.25) is 0 Å². The number of benzene rings is 1. The Kier molecular flexibility index (Phi) is 4.18. The fourth-order valence-electron chi connectivity index (χ4n) is 2.76. The molecular formula is C15H22ClNO. The molecule has 1 aromatic carbocycles. The van der Waals surface area contributed by atoms with Gasteiger partial charge < -0.3 is 10.0 Å².